The Morgan fingerprint density at radius 3 is 2.21 bits per heavy atom. The molecular weight excluding hydrogens is 267 g/mol. The van der Waals surface area contributed by atoms with E-state index in [9.17, 15) is 9.36 Å². The van der Waals surface area contributed by atoms with E-state index in [1.807, 2.05) is 14.1 Å². The van der Waals surface area contributed by atoms with Gasteiger partial charge in [0.15, 0.2) is 0 Å². The minimum Gasteiger partial charge on any atom is -0.356 e. The van der Waals surface area contributed by atoms with Gasteiger partial charge >= 0.3 is 7.60 Å². The van der Waals surface area contributed by atoms with Crippen molar-refractivity contribution in [3.8, 4) is 0 Å². The van der Waals surface area contributed by atoms with Gasteiger partial charge in [-0.3, -0.25) is 9.36 Å². The number of rotatable bonds is 11. The van der Waals surface area contributed by atoms with E-state index in [1.54, 1.807) is 13.8 Å². The van der Waals surface area contributed by atoms with Crippen LogP contribution in [0.25, 0.3) is 0 Å². The van der Waals surface area contributed by atoms with E-state index in [-0.39, 0.29) is 25.3 Å². The van der Waals surface area contributed by atoms with Crippen molar-refractivity contribution in [2.75, 3.05) is 46.6 Å². The van der Waals surface area contributed by atoms with Crippen molar-refractivity contribution in [1.82, 2.24) is 10.2 Å². The van der Waals surface area contributed by atoms with Crippen LogP contribution in [0.2, 0.25) is 0 Å². The normalized spacial score (nSPS) is 11.8. The summed E-state index contributed by atoms with van der Waals surface area (Å²) < 4.78 is 22.2. The van der Waals surface area contributed by atoms with Gasteiger partial charge in [-0.15, -0.1) is 0 Å². The summed E-state index contributed by atoms with van der Waals surface area (Å²) in [6.07, 6.45) is 1.71. The van der Waals surface area contributed by atoms with Gasteiger partial charge in [-0.2, -0.15) is 0 Å². The van der Waals surface area contributed by atoms with Gasteiger partial charge in [-0.1, -0.05) is 0 Å². The molecule has 0 aliphatic rings. The van der Waals surface area contributed by atoms with Gasteiger partial charge in [0.1, 0.15) is 6.16 Å². The van der Waals surface area contributed by atoms with Crippen LogP contribution in [0.15, 0.2) is 0 Å². The fraction of sp³-hybridized carbons (Fsp3) is 0.917. The van der Waals surface area contributed by atoms with E-state index >= 15 is 0 Å². The van der Waals surface area contributed by atoms with Crippen LogP contribution in [0.5, 0.6) is 0 Å². The second-order valence-electron chi connectivity index (χ2n) is 4.46. The first-order valence-electron chi connectivity index (χ1n) is 6.73. The highest BCUT2D eigenvalue weighted by Crippen LogP contribution is 2.47. The zero-order valence-corrected chi connectivity index (χ0v) is 13.4. The topological polar surface area (TPSA) is 67.9 Å². The van der Waals surface area contributed by atoms with Crippen molar-refractivity contribution in [1.29, 1.82) is 0 Å². The summed E-state index contributed by atoms with van der Waals surface area (Å²) in [6.45, 7) is 5.58. The third-order valence-electron chi connectivity index (χ3n) is 2.34. The van der Waals surface area contributed by atoms with Crippen molar-refractivity contribution in [3.05, 3.63) is 0 Å². The Labute approximate surface area is 116 Å². The summed E-state index contributed by atoms with van der Waals surface area (Å²) in [4.78, 5) is 13.7. The Morgan fingerprint density at radius 2 is 1.74 bits per heavy atom. The number of hydrogen-bond acceptors (Lipinski definition) is 5. The molecule has 114 valence electrons. The first-order valence-corrected chi connectivity index (χ1v) is 8.46. The predicted octanol–water partition coefficient (Wildman–Crippen LogP) is 1.71. The Morgan fingerprint density at radius 1 is 1.16 bits per heavy atom. The first-order chi connectivity index (χ1) is 8.93. The van der Waals surface area contributed by atoms with E-state index in [0.29, 0.717) is 6.54 Å². The summed E-state index contributed by atoms with van der Waals surface area (Å²) in [5, 5.41) is 2.74. The SMILES string of the molecule is CCOP(=O)(CC(=O)NCCCCN(C)C)OCC. The summed E-state index contributed by atoms with van der Waals surface area (Å²) in [5.74, 6) is -0.282. The maximum atomic E-state index is 12.1. The Balaban J connectivity index is 3.90. The average molecular weight is 294 g/mol. The second-order valence-corrected chi connectivity index (χ2v) is 6.52. The lowest BCUT2D eigenvalue weighted by atomic mass is 10.3. The Kier molecular flexibility index (Phi) is 10.1. The smallest absolute Gasteiger partial charge is 0.340 e. The highest BCUT2D eigenvalue weighted by atomic mass is 31.2. The monoisotopic (exact) mass is 294 g/mol. The highest BCUT2D eigenvalue weighted by molar-refractivity contribution is 7.54. The van der Waals surface area contributed by atoms with Crippen LogP contribution in [0.4, 0.5) is 0 Å². The minimum atomic E-state index is -3.27. The second kappa shape index (κ2) is 10.4. The van der Waals surface area contributed by atoms with Crippen molar-refractivity contribution in [2.24, 2.45) is 0 Å². The van der Waals surface area contributed by atoms with Crippen LogP contribution >= 0.6 is 7.60 Å². The molecule has 0 bridgehead atoms. The van der Waals surface area contributed by atoms with Crippen LogP contribution in [0.1, 0.15) is 26.7 Å². The molecule has 7 heteroatoms. The minimum absolute atomic E-state index is 0.206. The fourth-order valence-electron chi connectivity index (χ4n) is 1.53. The van der Waals surface area contributed by atoms with E-state index in [1.165, 1.54) is 0 Å². The van der Waals surface area contributed by atoms with Crippen molar-refractivity contribution < 1.29 is 18.4 Å². The number of amides is 1. The average Bonchev–Trinajstić information content (AvgIpc) is 2.28. The first kappa shape index (κ1) is 18.6. The molecule has 0 aromatic rings. The lowest BCUT2D eigenvalue weighted by Crippen LogP contribution is -2.28. The number of unbranched alkanes of at least 4 members (excludes halogenated alkanes) is 1. The van der Waals surface area contributed by atoms with E-state index in [4.69, 9.17) is 9.05 Å². The molecule has 0 aliphatic heterocycles. The Hall–Kier alpha value is -0.420. The molecule has 0 saturated heterocycles. The molecule has 19 heavy (non-hydrogen) atoms. The molecule has 0 rings (SSSR count). The van der Waals surface area contributed by atoms with Crippen LogP contribution < -0.4 is 5.32 Å². The molecule has 0 atom stereocenters. The van der Waals surface area contributed by atoms with Gasteiger partial charge in [-0.25, -0.2) is 0 Å². The molecule has 0 unspecified atom stereocenters. The van der Waals surface area contributed by atoms with Gasteiger partial charge in [-0.05, 0) is 47.3 Å². The Bertz CT molecular complexity index is 287. The fourth-order valence-corrected chi connectivity index (χ4v) is 3.04. The number of nitrogens with zero attached hydrogens (tertiary/aromatic N) is 1. The molecule has 1 amide bonds. The van der Waals surface area contributed by atoms with E-state index < -0.39 is 7.60 Å². The molecule has 0 radical (unpaired) electrons. The van der Waals surface area contributed by atoms with Crippen molar-refractivity contribution in [2.45, 2.75) is 26.7 Å². The zero-order valence-electron chi connectivity index (χ0n) is 12.5. The molecule has 0 aromatic heterocycles. The maximum absolute atomic E-state index is 12.1. The largest absolute Gasteiger partial charge is 0.356 e. The third kappa shape index (κ3) is 10.1. The van der Waals surface area contributed by atoms with Crippen molar-refractivity contribution >= 4 is 13.5 Å². The van der Waals surface area contributed by atoms with Crippen molar-refractivity contribution in [3.63, 3.8) is 0 Å². The zero-order chi connectivity index (χ0) is 14.7. The van der Waals surface area contributed by atoms with E-state index in [2.05, 4.69) is 10.2 Å². The van der Waals surface area contributed by atoms with Crippen LogP contribution in [-0.4, -0.2) is 57.4 Å². The van der Waals surface area contributed by atoms with Gasteiger partial charge in [0.25, 0.3) is 0 Å². The molecule has 0 aliphatic carbocycles. The summed E-state index contributed by atoms with van der Waals surface area (Å²) in [7, 11) is 0.759. The lowest BCUT2D eigenvalue weighted by Gasteiger charge is -2.16. The standard InChI is InChI=1S/C12H27N2O4P/c1-5-17-19(16,18-6-2)11-12(15)13-9-7-8-10-14(3)4/h5-11H2,1-4H3,(H,13,15). The maximum Gasteiger partial charge on any atom is 0.340 e. The third-order valence-corrected chi connectivity index (χ3v) is 4.32. The number of hydrogen-bond donors (Lipinski definition) is 1. The van der Waals surface area contributed by atoms with E-state index in [0.717, 1.165) is 19.4 Å². The molecule has 6 nitrogen and oxygen atoms in total. The molecule has 0 fully saturated rings. The molecule has 0 spiro atoms. The summed E-state index contributed by atoms with van der Waals surface area (Å²) in [6, 6.07) is 0. The predicted molar refractivity (Wildman–Crippen MR) is 76.5 cm³/mol. The molecule has 0 heterocycles. The van der Waals surface area contributed by atoms with Crippen LogP contribution in [0.3, 0.4) is 0 Å². The molecular formula is C12H27N2O4P. The van der Waals surface area contributed by atoms with Crippen LogP contribution in [0, 0.1) is 0 Å². The number of carbonyl (C=O) groups excluding carboxylic acids is 1. The molecule has 0 saturated carbocycles. The lowest BCUT2D eigenvalue weighted by molar-refractivity contribution is -0.118. The van der Waals surface area contributed by atoms with Crippen LogP contribution in [-0.2, 0) is 18.4 Å². The van der Waals surface area contributed by atoms with Gasteiger partial charge in [0.2, 0.25) is 5.91 Å². The highest BCUT2D eigenvalue weighted by Gasteiger charge is 2.27. The summed E-state index contributed by atoms with van der Waals surface area (Å²) >= 11 is 0. The number of carbonyl (C=O) groups is 1. The number of nitrogens with one attached hydrogen (secondary N) is 1. The van der Waals surface area contributed by atoms with Gasteiger partial charge in [0.05, 0.1) is 13.2 Å². The quantitative estimate of drug-likeness (QED) is 0.464. The molecule has 0 aromatic carbocycles. The summed E-state index contributed by atoms with van der Waals surface area (Å²) in [5.41, 5.74) is 0. The van der Waals surface area contributed by atoms with Gasteiger partial charge in [0, 0.05) is 6.54 Å². The van der Waals surface area contributed by atoms with Gasteiger partial charge < -0.3 is 19.3 Å². The molecule has 1 N–H and O–H groups in total.